The van der Waals surface area contributed by atoms with E-state index in [1.807, 2.05) is 36.4 Å². The zero-order chi connectivity index (χ0) is 14.4. The van der Waals surface area contributed by atoms with E-state index in [0.717, 1.165) is 29.8 Å². The third-order valence-corrected chi connectivity index (χ3v) is 3.20. The third kappa shape index (κ3) is 3.58. The topological polar surface area (TPSA) is 21.3 Å². The molecule has 3 heteroatoms. The van der Waals surface area contributed by atoms with Gasteiger partial charge < -0.3 is 10.1 Å². The van der Waals surface area contributed by atoms with Crippen LogP contribution in [-0.4, -0.2) is 13.7 Å². The SMILES string of the molecule is CCCNCc1ccc(-c2cccc(OC)c2)cc1F. The van der Waals surface area contributed by atoms with Crippen molar-refractivity contribution in [1.82, 2.24) is 5.32 Å². The zero-order valence-corrected chi connectivity index (χ0v) is 11.9. The van der Waals surface area contributed by atoms with Crippen molar-refractivity contribution in [2.24, 2.45) is 0 Å². The van der Waals surface area contributed by atoms with Gasteiger partial charge in [0.1, 0.15) is 11.6 Å². The minimum Gasteiger partial charge on any atom is -0.497 e. The predicted molar refractivity (Wildman–Crippen MR) is 80.4 cm³/mol. The summed E-state index contributed by atoms with van der Waals surface area (Å²) in [5, 5.41) is 3.21. The first-order chi connectivity index (χ1) is 9.74. The summed E-state index contributed by atoms with van der Waals surface area (Å²) in [5.41, 5.74) is 2.52. The van der Waals surface area contributed by atoms with E-state index in [9.17, 15) is 4.39 Å². The molecule has 2 nitrogen and oxygen atoms in total. The molecule has 0 radical (unpaired) electrons. The third-order valence-electron chi connectivity index (χ3n) is 3.20. The number of nitrogens with one attached hydrogen (secondary N) is 1. The number of methoxy groups -OCH3 is 1. The van der Waals surface area contributed by atoms with E-state index in [0.29, 0.717) is 12.1 Å². The Morgan fingerprint density at radius 1 is 1.10 bits per heavy atom. The summed E-state index contributed by atoms with van der Waals surface area (Å²) in [6.07, 6.45) is 1.05. The summed E-state index contributed by atoms with van der Waals surface area (Å²) in [6, 6.07) is 13.0. The number of halogens is 1. The summed E-state index contributed by atoms with van der Waals surface area (Å²) in [7, 11) is 1.63. The Hall–Kier alpha value is -1.87. The quantitative estimate of drug-likeness (QED) is 0.803. The van der Waals surface area contributed by atoms with Gasteiger partial charge in [-0.2, -0.15) is 0 Å². The number of rotatable bonds is 6. The van der Waals surface area contributed by atoms with Gasteiger partial charge in [-0.3, -0.25) is 0 Å². The molecule has 0 aliphatic rings. The zero-order valence-electron chi connectivity index (χ0n) is 11.9. The molecular weight excluding hydrogens is 253 g/mol. The van der Waals surface area contributed by atoms with E-state index >= 15 is 0 Å². The predicted octanol–water partition coefficient (Wildman–Crippen LogP) is 4.00. The molecule has 0 fully saturated rings. The van der Waals surface area contributed by atoms with Crippen molar-refractivity contribution >= 4 is 0 Å². The lowest BCUT2D eigenvalue weighted by Gasteiger charge is -2.08. The molecule has 0 spiro atoms. The highest BCUT2D eigenvalue weighted by Gasteiger charge is 2.05. The van der Waals surface area contributed by atoms with E-state index in [1.165, 1.54) is 0 Å². The van der Waals surface area contributed by atoms with Crippen molar-refractivity contribution in [3.05, 3.63) is 53.8 Å². The summed E-state index contributed by atoms with van der Waals surface area (Å²) in [6.45, 7) is 3.56. The van der Waals surface area contributed by atoms with Crippen LogP contribution < -0.4 is 10.1 Å². The molecule has 2 aromatic carbocycles. The number of hydrogen-bond donors (Lipinski definition) is 1. The molecule has 2 aromatic rings. The van der Waals surface area contributed by atoms with Crippen LogP contribution in [0.5, 0.6) is 5.75 Å². The first kappa shape index (κ1) is 14.5. The van der Waals surface area contributed by atoms with Gasteiger partial charge in [0.05, 0.1) is 7.11 Å². The number of ether oxygens (including phenoxy) is 1. The minimum absolute atomic E-state index is 0.172. The van der Waals surface area contributed by atoms with Crippen molar-refractivity contribution in [3.63, 3.8) is 0 Å². The van der Waals surface area contributed by atoms with Gasteiger partial charge in [0.25, 0.3) is 0 Å². The molecule has 0 saturated carbocycles. The molecule has 0 saturated heterocycles. The standard InChI is InChI=1S/C17H20FNO/c1-3-9-19-12-15-8-7-14(11-17(15)18)13-5-4-6-16(10-13)20-2/h4-8,10-11,19H,3,9,12H2,1-2H3. The second-order valence-corrected chi connectivity index (χ2v) is 4.71. The Labute approximate surface area is 119 Å². The lowest BCUT2D eigenvalue weighted by Crippen LogP contribution is -2.14. The lowest BCUT2D eigenvalue weighted by molar-refractivity contribution is 0.415. The molecule has 0 unspecified atom stereocenters. The van der Waals surface area contributed by atoms with Crippen molar-refractivity contribution in [1.29, 1.82) is 0 Å². The molecule has 0 amide bonds. The molecule has 0 aliphatic heterocycles. The molecule has 0 aromatic heterocycles. The maximum absolute atomic E-state index is 14.1. The van der Waals surface area contributed by atoms with E-state index in [2.05, 4.69) is 12.2 Å². The highest BCUT2D eigenvalue weighted by atomic mass is 19.1. The first-order valence-corrected chi connectivity index (χ1v) is 6.88. The molecule has 0 aliphatic carbocycles. The highest BCUT2D eigenvalue weighted by molar-refractivity contribution is 5.65. The van der Waals surface area contributed by atoms with Crippen molar-refractivity contribution in [3.8, 4) is 16.9 Å². The van der Waals surface area contributed by atoms with E-state index in [4.69, 9.17) is 4.74 Å². The van der Waals surface area contributed by atoms with Crippen molar-refractivity contribution < 1.29 is 9.13 Å². The summed E-state index contributed by atoms with van der Waals surface area (Å²) >= 11 is 0. The van der Waals surface area contributed by atoms with Crippen LogP contribution in [0.4, 0.5) is 4.39 Å². The fourth-order valence-electron chi connectivity index (χ4n) is 2.07. The van der Waals surface area contributed by atoms with E-state index < -0.39 is 0 Å². The highest BCUT2D eigenvalue weighted by Crippen LogP contribution is 2.25. The van der Waals surface area contributed by atoms with Gasteiger partial charge in [-0.05, 0) is 42.3 Å². The Balaban J connectivity index is 2.19. The average Bonchev–Trinajstić information content (AvgIpc) is 2.49. The normalized spacial score (nSPS) is 10.6. The average molecular weight is 273 g/mol. The largest absolute Gasteiger partial charge is 0.497 e. The van der Waals surface area contributed by atoms with Gasteiger partial charge in [0.2, 0.25) is 0 Å². The van der Waals surface area contributed by atoms with Crippen LogP contribution in [0.1, 0.15) is 18.9 Å². The molecule has 20 heavy (non-hydrogen) atoms. The number of benzene rings is 2. The van der Waals surface area contributed by atoms with Gasteiger partial charge >= 0.3 is 0 Å². The first-order valence-electron chi connectivity index (χ1n) is 6.88. The van der Waals surface area contributed by atoms with Crippen LogP contribution in [0.3, 0.4) is 0 Å². The van der Waals surface area contributed by atoms with Gasteiger partial charge in [-0.15, -0.1) is 0 Å². The van der Waals surface area contributed by atoms with Crippen LogP contribution in [0.2, 0.25) is 0 Å². The second-order valence-electron chi connectivity index (χ2n) is 4.71. The van der Waals surface area contributed by atoms with Crippen LogP contribution in [0, 0.1) is 5.82 Å². The Morgan fingerprint density at radius 2 is 1.90 bits per heavy atom. The molecule has 0 heterocycles. The molecule has 106 valence electrons. The maximum Gasteiger partial charge on any atom is 0.128 e. The second kappa shape index (κ2) is 7.06. The smallest absolute Gasteiger partial charge is 0.128 e. The van der Waals surface area contributed by atoms with Gasteiger partial charge in [-0.25, -0.2) is 4.39 Å². The van der Waals surface area contributed by atoms with Crippen LogP contribution in [-0.2, 0) is 6.54 Å². The van der Waals surface area contributed by atoms with Crippen LogP contribution in [0.15, 0.2) is 42.5 Å². The van der Waals surface area contributed by atoms with E-state index in [1.54, 1.807) is 13.2 Å². The monoisotopic (exact) mass is 273 g/mol. The molecule has 1 N–H and O–H groups in total. The van der Waals surface area contributed by atoms with Crippen LogP contribution >= 0.6 is 0 Å². The summed E-state index contributed by atoms with van der Waals surface area (Å²) in [5.74, 6) is 0.602. The molecular formula is C17H20FNO. The Kier molecular flexibility index (Phi) is 5.13. The lowest BCUT2D eigenvalue weighted by atomic mass is 10.0. The van der Waals surface area contributed by atoms with Crippen molar-refractivity contribution in [2.45, 2.75) is 19.9 Å². The van der Waals surface area contributed by atoms with Crippen molar-refractivity contribution in [2.75, 3.05) is 13.7 Å². The van der Waals surface area contributed by atoms with E-state index in [-0.39, 0.29) is 5.82 Å². The van der Waals surface area contributed by atoms with Gasteiger partial charge in [0, 0.05) is 12.1 Å². The van der Waals surface area contributed by atoms with Crippen LogP contribution in [0.25, 0.3) is 11.1 Å². The minimum atomic E-state index is -0.172. The Bertz CT molecular complexity index is 569. The summed E-state index contributed by atoms with van der Waals surface area (Å²) in [4.78, 5) is 0. The summed E-state index contributed by atoms with van der Waals surface area (Å²) < 4.78 is 19.3. The van der Waals surface area contributed by atoms with Gasteiger partial charge in [0.15, 0.2) is 0 Å². The molecule has 0 bridgehead atoms. The number of hydrogen-bond acceptors (Lipinski definition) is 2. The molecule has 2 rings (SSSR count). The van der Waals surface area contributed by atoms with Gasteiger partial charge in [-0.1, -0.05) is 31.2 Å². The maximum atomic E-state index is 14.1. The fraction of sp³-hybridized carbons (Fsp3) is 0.294. The molecule has 0 atom stereocenters. The Morgan fingerprint density at radius 3 is 2.60 bits per heavy atom. The fourth-order valence-corrected chi connectivity index (χ4v) is 2.07.